The molecular weight excluding hydrogens is 282 g/mol. The fourth-order valence-electron chi connectivity index (χ4n) is 2.85. The largest absolute Gasteiger partial charge is 0.313 e. The van der Waals surface area contributed by atoms with Gasteiger partial charge in [-0.05, 0) is 49.3 Å². The Kier molecular flexibility index (Phi) is 5.82. The molecule has 1 saturated heterocycles. The second kappa shape index (κ2) is 7.41. The quantitative estimate of drug-likeness (QED) is 0.822. The van der Waals surface area contributed by atoms with Gasteiger partial charge in [-0.15, -0.1) is 0 Å². The minimum atomic E-state index is -2.80. The summed E-state index contributed by atoms with van der Waals surface area (Å²) in [4.78, 5) is 0. The zero-order valence-corrected chi connectivity index (χ0v) is 14.0. The fourth-order valence-corrected chi connectivity index (χ4v) is 4.52. The lowest BCUT2D eigenvalue weighted by atomic mass is 10.0. The zero-order valence-electron chi connectivity index (χ0n) is 13.1. The molecule has 0 radical (unpaired) electrons. The Balaban J connectivity index is 1.70. The maximum atomic E-state index is 11.6. The molecule has 0 aliphatic carbocycles. The van der Waals surface area contributed by atoms with Crippen molar-refractivity contribution in [3.8, 4) is 0 Å². The third-order valence-corrected chi connectivity index (χ3v) is 6.01. The Morgan fingerprint density at radius 2 is 1.95 bits per heavy atom. The van der Waals surface area contributed by atoms with Gasteiger partial charge in [0, 0.05) is 6.04 Å². The van der Waals surface area contributed by atoms with Gasteiger partial charge in [0.2, 0.25) is 0 Å². The molecule has 1 aliphatic heterocycles. The van der Waals surface area contributed by atoms with Gasteiger partial charge in [0.25, 0.3) is 0 Å². The third kappa shape index (κ3) is 5.44. The predicted molar refractivity (Wildman–Crippen MR) is 88.5 cm³/mol. The summed E-state index contributed by atoms with van der Waals surface area (Å²) >= 11 is 0. The van der Waals surface area contributed by atoms with Crippen LogP contribution in [0, 0.1) is 0 Å². The SMILES string of the molecule is CC(C)c1ccc(CCCN[C@H]2CCCS(=O)(=O)C2)cc1. The first kappa shape index (κ1) is 16.5. The number of sulfone groups is 1. The molecule has 1 aromatic rings. The predicted octanol–water partition coefficient (Wildman–Crippen LogP) is 2.91. The van der Waals surface area contributed by atoms with Crippen molar-refractivity contribution in [3.05, 3.63) is 35.4 Å². The first-order valence-corrected chi connectivity index (χ1v) is 9.81. The van der Waals surface area contributed by atoms with E-state index in [2.05, 4.69) is 43.4 Å². The van der Waals surface area contributed by atoms with E-state index in [4.69, 9.17) is 0 Å². The Hall–Kier alpha value is -0.870. The van der Waals surface area contributed by atoms with E-state index in [0.717, 1.165) is 32.2 Å². The lowest BCUT2D eigenvalue weighted by Crippen LogP contribution is -2.40. The van der Waals surface area contributed by atoms with E-state index in [9.17, 15) is 8.42 Å². The molecule has 118 valence electrons. The number of hydrogen-bond donors (Lipinski definition) is 1. The number of aryl methyl sites for hydroxylation is 1. The van der Waals surface area contributed by atoms with Gasteiger partial charge in [-0.25, -0.2) is 8.42 Å². The zero-order chi connectivity index (χ0) is 15.3. The van der Waals surface area contributed by atoms with Gasteiger partial charge in [-0.3, -0.25) is 0 Å². The van der Waals surface area contributed by atoms with Gasteiger partial charge in [-0.2, -0.15) is 0 Å². The highest BCUT2D eigenvalue weighted by atomic mass is 32.2. The third-order valence-electron chi connectivity index (χ3n) is 4.18. The summed E-state index contributed by atoms with van der Waals surface area (Å²) in [7, 11) is -2.80. The number of benzene rings is 1. The van der Waals surface area contributed by atoms with E-state index < -0.39 is 9.84 Å². The first-order valence-electron chi connectivity index (χ1n) is 7.99. The normalized spacial score (nSPS) is 21.6. The topological polar surface area (TPSA) is 46.2 Å². The average molecular weight is 309 g/mol. The molecular formula is C17H27NO2S. The molecule has 1 N–H and O–H groups in total. The maximum absolute atomic E-state index is 11.6. The van der Waals surface area contributed by atoms with Crippen molar-refractivity contribution in [1.82, 2.24) is 5.32 Å². The molecule has 0 bridgehead atoms. The van der Waals surface area contributed by atoms with Crippen molar-refractivity contribution in [2.75, 3.05) is 18.1 Å². The lowest BCUT2D eigenvalue weighted by molar-refractivity contribution is 0.476. The molecule has 0 spiro atoms. The van der Waals surface area contributed by atoms with E-state index in [1.54, 1.807) is 0 Å². The Bertz CT molecular complexity index is 534. The van der Waals surface area contributed by atoms with Crippen molar-refractivity contribution in [1.29, 1.82) is 0 Å². The van der Waals surface area contributed by atoms with Crippen LogP contribution in [0.1, 0.15) is 50.2 Å². The first-order chi connectivity index (χ1) is 9.96. The van der Waals surface area contributed by atoms with Crippen LogP contribution in [0.3, 0.4) is 0 Å². The molecule has 1 heterocycles. The van der Waals surface area contributed by atoms with Gasteiger partial charge >= 0.3 is 0 Å². The highest BCUT2D eigenvalue weighted by Gasteiger charge is 2.23. The van der Waals surface area contributed by atoms with Crippen LogP contribution in [0.25, 0.3) is 0 Å². The maximum Gasteiger partial charge on any atom is 0.151 e. The fraction of sp³-hybridized carbons (Fsp3) is 0.647. The van der Waals surface area contributed by atoms with Crippen LogP contribution >= 0.6 is 0 Å². The minimum absolute atomic E-state index is 0.159. The van der Waals surface area contributed by atoms with E-state index >= 15 is 0 Å². The van der Waals surface area contributed by atoms with Gasteiger partial charge in [-0.1, -0.05) is 38.1 Å². The molecule has 0 unspecified atom stereocenters. The monoisotopic (exact) mass is 309 g/mol. The second-order valence-electron chi connectivity index (χ2n) is 6.41. The molecule has 0 aromatic heterocycles. The second-order valence-corrected chi connectivity index (χ2v) is 8.64. The highest BCUT2D eigenvalue weighted by Crippen LogP contribution is 2.15. The summed E-state index contributed by atoms with van der Waals surface area (Å²) in [5.41, 5.74) is 2.74. The Morgan fingerprint density at radius 1 is 1.24 bits per heavy atom. The number of rotatable bonds is 6. The molecule has 1 aliphatic rings. The van der Waals surface area contributed by atoms with E-state index in [-0.39, 0.29) is 6.04 Å². The summed E-state index contributed by atoms with van der Waals surface area (Å²) < 4.78 is 23.1. The lowest BCUT2D eigenvalue weighted by Gasteiger charge is -2.23. The number of hydrogen-bond acceptors (Lipinski definition) is 3. The van der Waals surface area contributed by atoms with Crippen LogP contribution in [-0.2, 0) is 16.3 Å². The smallest absolute Gasteiger partial charge is 0.151 e. The van der Waals surface area contributed by atoms with Crippen LogP contribution in [-0.4, -0.2) is 32.5 Å². The Morgan fingerprint density at radius 3 is 2.57 bits per heavy atom. The minimum Gasteiger partial charge on any atom is -0.313 e. The Labute approximate surface area is 129 Å². The van der Waals surface area contributed by atoms with Crippen molar-refractivity contribution < 1.29 is 8.42 Å². The summed E-state index contributed by atoms with van der Waals surface area (Å²) in [6.07, 6.45) is 3.89. The van der Waals surface area contributed by atoms with Crippen molar-refractivity contribution in [2.45, 2.75) is 51.5 Å². The van der Waals surface area contributed by atoms with Crippen LogP contribution in [0.15, 0.2) is 24.3 Å². The van der Waals surface area contributed by atoms with E-state index in [1.165, 1.54) is 11.1 Å². The van der Waals surface area contributed by atoms with Crippen LogP contribution in [0.5, 0.6) is 0 Å². The summed E-state index contributed by atoms with van der Waals surface area (Å²) in [5.74, 6) is 1.26. The van der Waals surface area contributed by atoms with Crippen molar-refractivity contribution in [3.63, 3.8) is 0 Å². The van der Waals surface area contributed by atoms with Crippen LogP contribution in [0.2, 0.25) is 0 Å². The van der Waals surface area contributed by atoms with Crippen LogP contribution in [0.4, 0.5) is 0 Å². The summed E-state index contributed by atoms with van der Waals surface area (Å²) in [5, 5.41) is 3.40. The van der Waals surface area contributed by atoms with Crippen molar-refractivity contribution in [2.24, 2.45) is 0 Å². The average Bonchev–Trinajstić information content (AvgIpc) is 2.43. The molecule has 0 amide bonds. The molecule has 1 atom stereocenters. The van der Waals surface area contributed by atoms with Crippen molar-refractivity contribution >= 4 is 9.84 Å². The number of nitrogens with one attached hydrogen (secondary N) is 1. The van der Waals surface area contributed by atoms with Gasteiger partial charge < -0.3 is 5.32 Å². The summed E-state index contributed by atoms with van der Waals surface area (Å²) in [6.45, 7) is 5.31. The highest BCUT2D eigenvalue weighted by molar-refractivity contribution is 7.91. The molecule has 2 rings (SSSR count). The van der Waals surface area contributed by atoms with E-state index in [0.29, 0.717) is 17.4 Å². The molecule has 0 saturated carbocycles. The molecule has 1 aromatic carbocycles. The van der Waals surface area contributed by atoms with Gasteiger partial charge in [0.05, 0.1) is 11.5 Å². The van der Waals surface area contributed by atoms with Gasteiger partial charge in [0.15, 0.2) is 9.84 Å². The van der Waals surface area contributed by atoms with Gasteiger partial charge in [0.1, 0.15) is 0 Å². The summed E-state index contributed by atoms with van der Waals surface area (Å²) in [6, 6.07) is 9.00. The van der Waals surface area contributed by atoms with Crippen LogP contribution < -0.4 is 5.32 Å². The molecule has 4 heteroatoms. The standard InChI is InChI=1S/C17H27NO2S/c1-14(2)16-9-7-15(8-10-16)5-3-11-18-17-6-4-12-21(19,20)13-17/h7-10,14,17-18H,3-6,11-13H2,1-2H3/t17-/m0/s1. The molecule has 1 fully saturated rings. The molecule has 21 heavy (non-hydrogen) atoms. The molecule has 3 nitrogen and oxygen atoms in total. The van der Waals surface area contributed by atoms with E-state index in [1.807, 2.05) is 0 Å².